The van der Waals surface area contributed by atoms with Crippen molar-refractivity contribution >= 4 is 5.97 Å². The summed E-state index contributed by atoms with van der Waals surface area (Å²) in [7, 11) is 0. The molecule has 1 heterocycles. The van der Waals surface area contributed by atoms with Gasteiger partial charge in [-0.15, -0.1) is 0 Å². The number of aryl methyl sites for hydroxylation is 2. The predicted molar refractivity (Wildman–Crippen MR) is 101 cm³/mol. The van der Waals surface area contributed by atoms with E-state index in [0.717, 1.165) is 34.6 Å². The van der Waals surface area contributed by atoms with Gasteiger partial charge >= 0.3 is 5.97 Å². The third-order valence-electron chi connectivity index (χ3n) is 4.72. The van der Waals surface area contributed by atoms with Gasteiger partial charge in [0.2, 0.25) is 0 Å². The van der Waals surface area contributed by atoms with Crippen LogP contribution in [0.4, 0.5) is 4.39 Å². The van der Waals surface area contributed by atoms with Gasteiger partial charge in [-0.1, -0.05) is 19.1 Å². The Balaban J connectivity index is 1.77. The quantitative estimate of drug-likeness (QED) is 0.766. The van der Waals surface area contributed by atoms with Crippen LogP contribution in [0.25, 0.3) is 0 Å². The van der Waals surface area contributed by atoms with Crippen LogP contribution in [-0.2, 0) is 30.7 Å². The average Bonchev–Trinajstić information content (AvgIpc) is 2.91. The normalized spacial score (nSPS) is 14.5. The monoisotopic (exact) mass is 372 g/mol. The van der Waals surface area contributed by atoms with E-state index in [1.165, 1.54) is 12.1 Å². The third-order valence-corrected chi connectivity index (χ3v) is 4.72. The van der Waals surface area contributed by atoms with Crippen molar-refractivity contribution in [1.82, 2.24) is 0 Å². The highest BCUT2D eigenvalue weighted by atomic mass is 19.1. The van der Waals surface area contributed by atoms with Crippen LogP contribution >= 0.6 is 0 Å². The molecule has 5 heteroatoms. The molecular formula is C22H25FO4. The largest absolute Gasteiger partial charge is 0.488 e. The Labute approximate surface area is 158 Å². The minimum Gasteiger partial charge on any atom is -0.488 e. The van der Waals surface area contributed by atoms with Crippen molar-refractivity contribution in [3.05, 3.63) is 58.4 Å². The Morgan fingerprint density at radius 3 is 2.74 bits per heavy atom. The lowest BCUT2D eigenvalue weighted by Crippen LogP contribution is -2.25. The fourth-order valence-corrected chi connectivity index (χ4v) is 3.46. The smallest absolute Gasteiger partial charge is 0.303 e. The van der Waals surface area contributed by atoms with Gasteiger partial charge in [-0.05, 0) is 56.0 Å². The third kappa shape index (κ3) is 4.59. The molecule has 0 saturated carbocycles. The number of hydrogen-bond acceptors (Lipinski definition) is 3. The zero-order valence-electron chi connectivity index (χ0n) is 16.0. The van der Waals surface area contributed by atoms with E-state index in [9.17, 15) is 9.18 Å². The highest BCUT2D eigenvalue weighted by molar-refractivity contribution is 5.67. The fraction of sp³-hybridized carbons (Fsp3) is 0.409. The minimum atomic E-state index is -0.809. The molecule has 4 nitrogen and oxygen atoms in total. The molecule has 0 spiro atoms. The molecule has 0 radical (unpaired) electrons. The number of halogens is 1. The Morgan fingerprint density at radius 2 is 2.04 bits per heavy atom. The van der Waals surface area contributed by atoms with Crippen LogP contribution in [0, 0.1) is 5.82 Å². The summed E-state index contributed by atoms with van der Waals surface area (Å²) < 4.78 is 26.0. The number of benzene rings is 2. The van der Waals surface area contributed by atoms with Gasteiger partial charge in [0.05, 0.1) is 0 Å². The fourth-order valence-electron chi connectivity index (χ4n) is 3.46. The van der Waals surface area contributed by atoms with Crippen molar-refractivity contribution in [3.8, 4) is 11.5 Å². The lowest BCUT2D eigenvalue weighted by Gasteiger charge is -2.19. The van der Waals surface area contributed by atoms with E-state index in [4.69, 9.17) is 14.6 Å². The summed E-state index contributed by atoms with van der Waals surface area (Å²) in [5.74, 6) is 0.356. The van der Waals surface area contributed by atoms with Gasteiger partial charge < -0.3 is 14.6 Å². The van der Waals surface area contributed by atoms with E-state index in [0.29, 0.717) is 18.4 Å². The molecule has 3 rings (SSSR count). The lowest BCUT2D eigenvalue weighted by atomic mass is 10.0. The van der Waals surface area contributed by atoms with Crippen LogP contribution in [0.2, 0.25) is 0 Å². The Kier molecular flexibility index (Phi) is 5.40. The van der Waals surface area contributed by atoms with E-state index in [1.54, 1.807) is 0 Å². The summed E-state index contributed by atoms with van der Waals surface area (Å²) in [5, 5.41) is 8.84. The first-order valence-corrected chi connectivity index (χ1v) is 9.24. The van der Waals surface area contributed by atoms with E-state index in [1.807, 2.05) is 39.0 Å². The summed E-state index contributed by atoms with van der Waals surface area (Å²) >= 11 is 0. The molecule has 0 aliphatic carbocycles. The number of rotatable bonds is 7. The van der Waals surface area contributed by atoms with Crippen LogP contribution in [0.5, 0.6) is 11.5 Å². The molecule has 27 heavy (non-hydrogen) atoms. The van der Waals surface area contributed by atoms with E-state index >= 15 is 0 Å². The molecule has 144 valence electrons. The second-order valence-corrected chi connectivity index (χ2v) is 7.57. The molecule has 1 aliphatic heterocycles. The number of carboxylic acid groups (broad SMARTS) is 1. The molecule has 0 amide bonds. The highest BCUT2D eigenvalue weighted by Crippen LogP contribution is 2.39. The number of aliphatic carboxylic acids is 1. The van der Waals surface area contributed by atoms with Crippen molar-refractivity contribution < 1.29 is 23.8 Å². The standard InChI is InChI=1S/C22H25FO4/c1-4-15-9-14(6-8-20(24)25)5-7-19(15)26-13-17-11-18(23)10-16-12-22(2,3)27-21(16)17/h5,7,9-11H,4,6,8,12-13H2,1-3H3,(H,24,25). The molecule has 1 N–H and O–H groups in total. The molecular weight excluding hydrogens is 347 g/mol. The summed E-state index contributed by atoms with van der Waals surface area (Å²) in [6.45, 7) is 6.22. The molecule has 0 aromatic heterocycles. The molecule has 1 aliphatic rings. The number of ether oxygens (including phenoxy) is 2. The topological polar surface area (TPSA) is 55.8 Å². The number of carboxylic acids is 1. The average molecular weight is 372 g/mol. The number of hydrogen-bond donors (Lipinski definition) is 1. The SMILES string of the molecule is CCc1cc(CCC(=O)O)ccc1OCc1cc(F)cc2c1OC(C)(C)C2. The van der Waals surface area contributed by atoms with Gasteiger partial charge in [0.1, 0.15) is 29.5 Å². The molecule has 0 bridgehead atoms. The van der Waals surface area contributed by atoms with Crippen LogP contribution in [0.3, 0.4) is 0 Å². The maximum atomic E-state index is 14.0. The minimum absolute atomic E-state index is 0.103. The highest BCUT2D eigenvalue weighted by Gasteiger charge is 2.32. The van der Waals surface area contributed by atoms with Crippen LogP contribution in [0.15, 0.2) is 30.3 Å². The van der Waals surface area contributed by atoms with Gasteiger partial charge in [-0.3, -0.25) is 4.79 Å². The Bertz CT molecular complexity index is 858. The van der Waals surface area contributed by atoms with Crippen LogP contribution in [-0.4, -0.2) is 16.7 Å². The van der Waals surface area contributed by atoms with Crippen molar-refractivity contribution in [1.29, 1.82) is 0 Å². The molecule has 0 saturated heterocycles. The zero-order chi connectivity index (χ0) is 19.6. The van der Waals surface area contributed by atoms with Crippen LogP contribution < -0.4 is 9.47 Å². The van der Waals surface area contributed by atoms with Gasteiger partial charge in [0, 0.05) is 24.0 Å². The molecule has 2 aromatic rings. The lowest BCUT2D eigenvalue weighted by molar-refractivity contribution is -0.136. The van der Waals surface area contributed by atoms with Crippen molar-refractivity contribution in [3.63, 3.8) is 0 Å². The van der Waals surface area contributed by atoms with Gasteiger partial charge in [-0.2, -0.15) is 0 Å². The Hall–Kier alpha value is -2.56. The molecule has 0 atom stereocenters. The summed E-state index contributed by atoms with van der Waals surface area (Å²) in [4.78, 5) is 10.8. The summed E-state index contributed by atoms with van der Waals surface area (Å²) in [5.41, 5.74) is 3.21. The summed E-state index contributed by atoms with van der Waals surface area (Å²) in [6, 6.07) is 8.72. The summed E-state index contributed by atoms with van der Waals surface area (Å²) in [6.07, 6.45) is 2.03. The van der Waals surface area contributed by atoms with Crippen molar-refractivity contribution in [2.45, 2.75) is 58.7 Å². The maximum absolute atomic E-state index is 14.0. The second kappa shape index (κ2) is 7.59. The predicted octanol–water partition coefficient (Wildman–Crippen LogP) is 4.70. The molecule has 2 aromatic carbocycles. The first-order valence-electron chi connectivity index (χ1n) is 9.24. The van der Waals surface area contributed by atoms with Crippen LogP contribution in [0.1, 0.15) is 49.4 Å². The molecule has 0 fully saturated rings. The maximum Gasteiger partial charge on any atom is 0.303 e. The number of carbonyl (C=O) groups is 1. The molecule has 0 unspecified atom stereocenters. The Morgan fingerprint density at radius 1 is 1.26 bits per heavy atom. The van der Waals surface area contributed by atoms with E-state index in [-0.39, 0.29) is 24.4 Å². The second-order valence-electron chi connectivity index (χ2n) is 7.57. The first kappa shape index (κ1) is 19.2. The van der Waals surface area contributed by atoms with Gasteiger partial charge in [0.25, 0.3) is 0 Å². The van der Waals surface area contributed by atoms with Gasteiger partial charge in [0.15, 0.2) is 0 Å². The van der Waals surface area contributed by atoms with Gasteiger partial charge in [-0.25, -0.2) is 4.39 Å². The van der Waals surface area contributed by atoms with Crippen molar-refractivity contribution in [2.24, 2.45) is 0 Å². The van der Waals surface area contributed by atoms with E-state index in [2.05, 4.69) is 0 Å². The zero-order valence-corrected chi connectivity index (χ0v) is 16.0. The first-order chi connectivity index (χ1) is 12.8. The number of fused-ring (bicyclic) bond motifs is 1. The van der Waals surface area contributed by atoms with E-state index < -0.39 is 5.97 Å². The van der Waals surface area contributed by atoms with Crippen molar-refractivity contribution in [2.75, 3.05) is 0 Å².